The van der Waals surface area contributed by atoms with Gasteiger partial charge in [-0.05, 0) is 43.7 Å². The minimum absolute atomic E-state index is 0.120. The van der Waals surface area contributed by atoms with Gasteiger partial charge in [-0.25, -0.2) is 0 Å². The SMILES string of the molecule is CC(C)Cn1cc(C=C2SC(=O)N(C(C)C)C2=O)c2ccccc21. The van der Waals surface area contributed by atoms with Gasteiger partial charge in [0.15, 0.2) is 0 Å². The molecule has 2 amide bonds. The van der Waals surface area contributed by atoms with E-state index < -0.39 is 0 Å². The second-order valence-corrected chi connectivity index (χ2v) is 7.79. The Morgan fingerprint density at radius 2 is 1.83 bits per heavy atom. The summed E-state index contributed by atoms with van der Waals surface area (Å²) in [5.74, 6) is 0.336. The predicted octanol–water partition coefficient (Wildman–Crippen LogP) is 4.74. The van der Waals surface area contributed by atoms with Crippen LogP contribution in [-0.4, -0.2) is 26.7 Å². The Kier molecular flexibility index (Phi) is 4.54. The Balaban J connectivity index is 2.04. The number of hydrogen-bond acceptors (Lipinski definition) is 3. The zero-order valence-electron chi connectivity index (χ0n) is 14.4. The number of amides is 2. The monoisotopic (exact) mass is 342 g/mol. The van der Waals surface area contributed by atoms with E-state index >= 15 is 0 Å². The van der Waals surface area contributed by atoms with Crippen molar-refractivity contribution >= 4 is 39.9 Å². The lowest BCUT2D eigenvalue weighted by atomic mass is 10.1. The molecule has 2 heterocycles. The third-order valence-corrected chi connectivity index (χ3v) is 4.89. The fourth-order valence-corrected chi connectivity index (χ4v) is 3.95. The van der Waals surface area contributed by atoms with E-state index in [2.05, 4.69) is 36.7 Å². The highest BCUT2D eigenvalue weighted by atomic mass is 32.2. The molecule has 126 valence electrons. The number of carbonyl (C=O) groups excluding carboxylic acids is 2. The lowest BCUT2D eigenvalue weighted by Gasteiger charge is -2.16. The van der Waals surface area contributed by atoms with Crippen molar-refractivity contribution in [3.05, 3.63) is 40.9 Å². The Morgan fingerprint density at radius 3 is 2.46 bits per heavy atom. The normalized spacial score (nSPS) is 17.2. The van der Waals surface area contributed by atoms with Gasteiger partial charge in [0, 0.05) is 35.2 Å². The van der Waals surface area contributed by atoms with Crippen molar-refractivity contribution in [2.45, 2.75) is 40.3 Å². The molecule has 24 heavy (non-hydrogen) atoms. The van der Waals surface area contributed by atoms with Crippen molar-refractivity contribution < 1.29 is 9.59 Å². The molecule has 0 radical (unpaired) electrons. The molecule has 1 fully saturated rings. The summed E-state index contributed by atoms with van der Waals surface area (Å²) in [5, 5.41) is 0.918. The zero-order chi connectivity index (χ0) is 17.4. The number of hydrogen-bond donors (Lipinski definition) is 0. The van der Waals surface area contributed by atoms with Crippen molar-refractivity contribution in [2.24, 2.45) is 5.92 Å². The molecule has 0 atom stereocenters. The summed E-state index contributed by atoms with van der Waals surface area (Å²) in [6, 6.07) is 8.06. The van der Waals surface area contributed by atoms with Crippen LogP contribution in [0.25, 0.3) is 17.0 Å². The van der Waals surface area contributed by atoms with Gasteiger partial charge in [0.05, 0.1) is 4.91 Å². The summed E-state index contributed by atoms with van der Waals surface area (Å²) in [6.45, 7) is 8.99. The van der Waals surface area contributed by atoms with E-state index in [-0.39, 0.29) is 17.2 Å². The Bertz CT molecular complexity index is 833. The maximum atomic E-state index is 12.5. The van der Waals surface area contributed by atoms with Crippen LogP contribution < -0.4 is 0 Å². The molecule has 2 aromatic rings. The molecule has 4 nitrogen and oxygen atoms in total. The summed E-state index contributed by atoms with van der Waals surface area (Å²) in [4.78, 5) is 26.4. The first-order chi connectivity index (χ1) is 11.4. The summed E-state index contributed by atoms with van der Waals surface area (Å²) < 4.78 is 2.22. The van der Waals surface area contributed by atoms with Crippen molar-refractivity contribution in [3.8, 4) is 0 Å². The highest BCUT2D eigenvalue weighted by Crippen LogP contribution is 2.35. The van der Waals surface area contributed by atoms with Crippen LogP contribution in [0.5, 0.6) is 0 Å². The lowest BCUT2D eigenvalue weighted by Crippen LogP contribution is -2.34. The van der Waals surface area contributed by atoms with E-state index in [1.165, 1.54) is 4.90 Å². The summed E-state index contributed by atoms with van der Waals surface area (Å²) in [5.41, 5.74) is 2.14. The fourth-order valence-electron chi connectivity index (χ4n) is 3.00. The summed E-state index contributed by atoms with van der Waals surface area (Å²) in [7, 11) is 0. The van der Waals surface area contributed by atoms with Gasteiger partial charge in [0.1, 0.15) is 0 Å². The number of imide groups is 1. The summed E-state index contributed by atoms with van der Waals surface area (Å²) >= 11 is 1.03. The molecule has 3 rings (SSSR count). The quantitative estimate of drug-likeness (QED) is 0.754. The maximum absolute atomic E-state index is 12.5. The van der Waals surface area contributed by atoms with E-state index in [1.54, 1.807) is 0 Å². The van der Waals surface area contributed by atoms with E-state index in [0.717, 1.165) is 34.8 Å². The Morgan fingerprint density at radius 1 is 1.12 bits per heavy atom. The van der Waals surface area contributed by atoms with E-state index in [4.69, 9.17) is 0 Å². The number of benzene rings is 1. The zero-order valence-corrected chi connectivity index (χ0v) is 15.3. The van der Waals surface area contributed by atoms with Gasteiger partial charge in [-0.2, -0.15) is 0 Å². The Labute approximate surface area is 146 Å². The van der Waals surface area contributed by atoms with Crippen LogP contribution in [0.3, 0.4) is 0 Å². The maximum Gasteiger partial charge on any atom is 0.293 e. The van der Waals surface area contributed by atoms with Crippen LogP contribution >= 0.6 is 11.8 Å². The standard InChI is InChI=1S/C19H22N2O2S/c1-12(2)10-20-11-14(15-7-5-6-8-16(15)20)9-17-18(22)21(13(3)4)19(23)24-17/h5-9,11-13H,10H2,1-4H3. The molecule has 1 aromatic heterocycles. The van der Waals surface area contributed by atoms with Gasteiger partial charge in [-0.3, -0.25) is 14.5 Å². The molecule has 1 saturated heterocycles. The first-order valence-corrected chi connectivity index (χ1v) is 9.05. The van der Waals surface area contributed by atoms with Gasteiger partial charge in [0.25, 0.3) is 11.1 Å². The number of carbonyl (C=O) groups is 2. The fraction of sp³-hybridized carbons (Fsp3) is 0.368. The summed E-state index contributed by atoms with van der Waals surface area (Å²) in [6.07, 6.45) is 3.93. The minimum Gasteiger partial charge on any atom is -0.347 e. The van der Waals surface area contributed by atoms with E-state index in [0.29, 0.717) is 10.8 Å². The molecule has 0 N–H and O–H groups in total. The van der Waals surface area contributed by atoms with Gasteiger partial charge < -0.3 is 4.57 Å². The second kappa shape index (κ2) is 6.48. The van der Waals surface area contributed by atoms with Crippen molar-refractivity contribution in [3.63, 3.8) is 0 Å². The van der Waals surface area contributed by atoms with Crippen LogP contribution in [-0.2, 0) is 11.3 Å². The van der Waals surface area contributed by atoms with E-state index in [1.807, 2.05) is 32.1 Å². The lowest BCUT2D eigenvalue weighted by molar-refractivity contribution is -0.123. The molecular formula is C19H22N2O2S. The molecule has 0 bridgehead atoms. The number of para-hydroxylation sites is 1. The van der Waals surface area contributed by atoms with E-state index in [9.17, 15) is 9.59 Å². The molecule has 5 heteroatoms. The van der Waals surface area contributed by atoms with Gasteiger partial charge >= 0.3 is 0 Å². The highest BCUT2D eigenvalue weighted by molar-refractivity contribution is 8.18. The molecule has 0 unspecified atom stereocenters. The average Bonchev–Trinajstić information content (AvgIpc) is 2.98. The second-order valence-electron chi connectivity index (χ2n) is 6.79. The molecule has 0 aliphatic carbocycles. The van der Waals surface area contributed by atoms with Crippen LogP contribution in [0.2, 0.25) is 0 Å². The number of nitrogens with zero attached hydrogens (tertiary/aromatic N) is 2. The Hall–Kier alpha value is -2.01. The molecule has 0 spiro atoms. The van der Waals surface area contributed by atoms with Crippen LogP contribution in [0.4, 0.5) is 4.79 Å². The highest BCUT2D eigenvalue weighted by Gasteiger charge is 2.36. The van der Waals surface area contributed by atoms with Gasteiger partial charge in [-0.15, -0.1) is 0 Å². The van der Waals surface area contributed by atoms with Crippen LogP contribution in [0.1, 0.15) is 33.3 Å². The third-order valence-electron chi connectivity index (χ3n) is 4.01. The molecular weight excluding hydrogens is 320 g/mol. The van der Waals surface area contributed by atoms with Gasteiger partial charge in [-0.1, -0.05) is 32.0 Å². The van der Waals surface area contributed by atoms with Crippen molar-refractivity contribution in [1.29, 1.82) is 0 Å². The topological polar surface area (TPSA) is 42.3 Å². The molecule has 0 saturated carbocycles. The smallest absolute Gasteiger partial charge is 0.293 e. The first kappa shape index (κ1) is 16.8. The minimum atomic E-state index is -0.194. The number of thioether (sulfide) groups is 1. The third kappa shape index (κ3) is 3.00. The average molecular weight is 342 g/mol. The van der Waals surface area contributed by atoms with Gasteiger partial charge in [0.2, 0.25) is 0 Å². The molecule has 1 aromatic carbocycles. The molecule has 1 aliphatic rings. The van der Waals surface area contributed by atoms with Crippen LogP contribution in [0.15, 0.2) is 35.4 Å². The van der Waals surface area contributed by atoms with Crippen molar-refractivity contribution in [1.82, 2.24) is 9.47 Å². The number of fused-ring (bicyclic) bond motifs is 1. The van der Waals surface area contributed by atoms with Crippen LogP contribution in [0, 0.1) is 5.92 Å². The largest absolute Gasteiger partial charge is 0.347 e. The number of aromatic nitrogens is 1. The first-order valence-electron chi connectivity index (χ1n) is 8.23. The predicted molar refractivity (Wildman–Crippen MR) is 99.7 cm³/mol. The number of rotatable bonds is 4. The van der Waals surface area contributed by atoms with Crippen molar-refractivity contribution in [2.75, 3.05) is 0 Å². The molecule has 1 aliphatic heterocycles.